The van der Waals surface area contributed by atoms with Gasteiger partial charge in [-0.15, -0.1) is 0 Å². The molecule has 0 fully saturated rings. The SMILES string of the molecule is CC[C@H](C(=O)NC(CC(=O)O)C(=O)CF)n1cccc(NC(=O)Cc2cccc(C)c2)c1=O. The molecular weight excluding hydrogens is 433 g/mol. The summed E-state index contributed by atoms with van der Waals surface area (Å²) < 4.78 is 13.8. The van der Waals surface area contributed by atoms with Crippen LogP contribution >= 0.6 is 0 Å². The average Bonchev–Trinajstić information content (AvgIpc) is 2.75. The van der Waals surface area contributed by atoms with E-state index in [9.17, 15) is 28.4 Å². The second-order valence-electron chi connectivity index (χ2n) is 7.53. The summed E-state index contributed by atoms with van der Waals surface area (Å²) >= 11 is 0. The zero-order chi connectivity index (χ0) is 24.5. The molecule has 176 valence electrons. The Kier molecular flexibility index (Phi) is 9.02. The lowest BCUT2D eigenvalue weighted by Gasteiger charge is -2.22. The number of carbonyl (C=O) groups excluding carboxylic acids is 3. The number of amides is 2. The molecule has 0 aliphatic heterocycles. The van der Waals surface area contributed by atoms with Gasteiger partial charge in [0.25, 0.3) is 5.56 Å². The number of aryl methyl sites for hydroxylation is 1. The van der Waals surface area contributed by atoms with E-state index in [0.717, 1.165) is 15.7 Å². The number of nitrogens with one attached hydrogen (secondary N) is 2. The van der Waals surface area contributed by atoms with Crippen LogP contribution in [-0.2, 0) is 25.6 Å². The maximum absolute atomic E-state index is 12.9. The highest BCUT2D eigenvalue weighted by molar-refractivity contribution is 5.94. The highest BCUT2D eigenvalue weighted by atomic mass is 19.1. The fourth-order valence-electron chi connectivity index (χ4n) is 3.34. The number of carbonyl (C=O) groups is 4. The molecule has 1 aromatic heterocycles. The van der Waals surface area contributed by atoms with Gasteiger partial charge in [0.1, 0.15) is 24.4 Å². The standard InChI is InChI=1S/C23H26FN3O6/c1-3-18(22(32)26-17(12-21(30)31)19(28)13-24)27-9-5-8-16(23(27)33)25-20(29)11-15-7-4-6-14(2)10-15/h4-10,17-18H,3,11-13H2,1-2H3,(H,25,29)(H,26,32)(H,30,31)/t17?,18-/m1/s1. The van der Waals surface area contributed by atoms with Gasteiger partial charge in [0.15, 0.2) is 5.78 Å². The number of carboxylic acids is 1. The van der Waals surface area contributed by atoms with Crippen LogP contribution < -0.4 is 16.2 Å². The zero-order valence-electron chi connectivity index (χ0n) is 18.3. The van der Waals surface area contributed by atoms with Crippen molar-refractivity contribution in [1.82, 2.24) is 9.88 Å². The van der Waals surface area contributed by atoms with Crippen molar-refractivity contribution in [3.63, 3.8) is 0 Å². The average molecular weight is 459 g/mol. The van der Waals surface area contributed by atoms with Crippen LogP contribution in [0, 0.1) is 6.92 Å². The first-order valence-electron chi connectivity index (χ1n) is 10.3. The van der Waals surface area contributed by atoms with Gasteiger partial charge >= 0.3 is 5.97 Å². The van der Waals surface area contributed by atoms with Gasteiger partial charge in [-0.3, -0.25) is 24.0 Å². The third kappa shape index (κ3) is 7.09. The van der Waals surface area contributed by atoms with E-state index in [2.05, 4.69) is 10.6 Å². The molecule has 0 saturated heterocycles. The summed E-state index contributed by atoms with van der Waals surface area (Å²) in [6.07, 6.45) is 0.732. The van der Waals surface area contributed by atoms with Crippen molar-refractivity contribution in [2.24, 2.45) is 0 Å². The number of anilines is 1. The number of benzene rings is 1. The van der Waals surface area contributed by atoms with Gasteiger partial charge in [-0.25, -0.2) is 4.39 Å². The number of pyridine rings is 1. The van der Waals surface area contributed by atoms with Crippen molar-refractivity contribution in [2.75, 3.05) is 12.0 Å². The van der Waals surface area contributed by atoms with E-state index in [1.807, 2.05) is 25.1 Å². The molecule has 1 heterocycles. The molecule has 2 amide bonds. The molecule has 3 N–H and O–H groups in total. The van der Waals surface area contributed by atoms with E-state index >= 15 is 0 Å². The summed E-state index contributed by atoms with van der Waals surface area (Å²) in [7, 11) is 0. The maximum Gasteiger partial charge on any atom is 0.305 e. The minimum atomic E-state index is -1.55. The second-order valence-corrected chi connectivity index (χ2v) is 7.53. The van der Waals surface area contributed by atoms with Crippen molar-refractivity contribution < 1.29 is 28.7 Å². The Hall–Kier alpha value is -3.82. The third-order valence-electron chi connectivity index (χ3n) is 4.94. The molecule has 0 aliphatic carbocycles. The Morgan fingerprint density at radius 3 is 2.48 bits per heavy atom. The summed E-state index contributed by atoms with van der Waals surface area (Å²) in [6.45, 7) is 2.08. The van der Waals surface area contributed by atoms with Crippen LogP contribution in [0.4, 0.5) is 10.1 Å². The number of carboxylic acid groups (broad SMARTS) is 1. The summed E-state index contributed by atoms with van der Waals surface area (Å²) in [5.74, 6) is -3.69. The third-order valence-corrected chi connectivity index (χ3v) is 4.94. The lowest BCUT2D eigenvalue weighted by Crippen LogP contribution is -2.47. The minimum absolute atomic E-state index is 0.0386. The summed E-state index contributed by atoms with van der Waals surface area (Å²) in [6, 6.07) is 7.58. The molecule has 9 nitrogen and oxygen atoms in total. The van der Waals surface area contributed by atoms with Crippen LogP contribution in [0.3, 0.4) is 0 Å². The predicted molar refractivity (Wildman–Crippen MR) is 119 cm³/mol. The van der Waals surface area contributed by atoms with Crippen LogP contribution in [0.5, 0.6) is 0 Å². The van der Waals surface area contributed by atoms with Gasteiger partial charge in [-0.2, -0.15) is 0 Å². The smallest absolute Gasteiger partial charge is 0.305 e. The van der Waals surface area contributed by atoms with Gasteiger partial charge in [0.05, 0.1) is 12.8 Å². The molecule has 2 atom stereocenters. The van der Waals surface area contributed by atoms with Crippen LogP contribution in [0.2, 0.25) is 0 Å². The first kappa shape index (κ1) is 25.4. The number of ketones is 1. The summed E-state index contributed by atoms with van der Waals surface area (Å²) in [4.78, 5) is 60.7. The summed E-state index contributed by atoms with van der Waals surface area (Å²) in [5, 5.41) is 13.7. The molecule has 0 saturated carbocycles. The number of alkyl halides is 1. The van der Waals surface area contributed by atoms with Gasteiger partial charge in [-0.1, -0.05) is 36.8 Å². The van der Waals surface area contributed by atoms with Crippen molar-refractivity contribution in [3.05, 3.63) is 64.1 Å². The van der Waals surface area contributed by atoms with Crippen molar-refractivity contribution in [3.8, 4) is 0 Å². The zero-order valence-corrected chi connectivity index (χ0v) is 18.3. The molecule has 2 rings (SSSR count). The predicted octanol–water partition coefficient (Wildman–Crippen LogP) is 1.79. The van der Waals surface area contributed by atoms with Crippen molar-refractivity contribution in [1.29, 1.82) is 0 Å². The fraction of sp³-hybridized carbons (Fsp3) is 0.348. The molecule has 0 spiro atoms. The van der Waals surface area contributed by atoms with E-state index in [-0.39, 0.29) is 18.5 Å². The van der Waals surface area contributed by atoms with Crippen molar-refractivity contribution >= 4 is 29.3 Å². The number of aromatic nitrogens is 1. The van der Waals surface area contributed by atoms with E-state index in [1.165, 1.54) is 18.3 Å². The molecule has 0 aliphatic rings. The first-order valence-corrected chi connectivity index (χ1v) is 10.3. The molecule has 1 unspecified atom stereocenters. The van der Waals surface area contributed by atoms with Crippen LogP contribution in [0.1, 0.15) is 36.9 Å². The van der Waals surface area contributed by atoms with Crippen molar-refractivity contribution in [2.45, 2.75) is 45.2 Å². The highest BCUT2D eigenvalue weighted by Gasteiger charge is 2.28. The Balaban J connectivity index is 2.21. The Labute approximate surface area is 189 Å². The molecule has 33 heavy (non-hydrogen) atoms. The van der Waals surface area contributed by atoms with Crippen LogP contribution in [-0.4, -0.2) is 46.0 Å². The molecule has 10 heteroatoms. The minimum Gasteiger partial charge on any atom is -0.481 e. The first-order chi connectivity index (χ1) is 15.7. The van der Waals surface area contributed by atoms with E-state index < -0.39 is 54.3 Å². The van der Waals surface area contributed by atoms with Gasteiger partial charge in [0.2, 0.25) is 11.8 Å². The van der Waals surface area contributed by atoms with Gasteiger partial charge in [0, 0.05) is 6.20 Å². The molecule has 1 aromatic carbocycles. The molecule has 0 radical (unpaired) electrons. The quantitative estimate of drug-likeness (QED) is 0.469. The normalized spacial score (nSPS) is 12.5. The van der Waals surface area contributed by atoms with Crippen LogP contribution in [0.15, 0.2) is 47.4 Å². The highest BCUT2D eigenvalue weighted by Crippen LogP contribution is 2.13. The molecule has 2 aromatic rings. The monoisotopic (exact) mass is 459 g/mol. The van der Waals surface area contributed by atoms with E-state index in [4.69, 9.17) is 5.11 Å². The largest absolute Gasteiger partial charge is 0.481 e. The lowest BCUT2D eigenvalue weighted by atomic mass is 10.1. The van der Waals surface area contributed by atoms with E-state index in [0.29, 0.717) is 0 Å². The Morgan fingerprint density at radius 1 is 1.15 bits per heavy atom. The number of hydrogen-bond acceptors (Lipinski definition) is 5. The number of rotatable bonds is 11. The Bertz CT molecular complexity index is 1100. The van der Waals surface area contributed by atoms with Gasteiger partial charge in [-0.05, 0) is 31.0 Å². The summed E-state index contributed by atoms with van der Waals surface area (Å²) in [5.41, 5.74) is 1.08. The maximum atomic E-state index is 12.9. The topological polar surface area (TPSA) is 135 Å². The molecular formula is C23H26FN3O6. The van der Waals surface area contributed by atoms with E-state index in [1.54, 1.807) is 13.0 Å². The number of nitrogens with zero attached hydrogens (tertiary/aromatic N) is 1. The Morgan fingerprint density at radius 2 is 1.88 bits per heavy atom. The molecule has 0 bridgehead atoms. The van der Waals surface area contributed by atoms with Gasteiger partial charge < -0.3 is 20.3 Å². The van der Waals surface area contributed by atoms with Crippen LogP contribution in [0.25, 0.3) is 0 Å². The number of aliphatic carboxylic acids is 1. The fourth-order valence-corrected chi connectivity index (χ4v) is 3.34. The second kappa shape index (κ2) is 11.7. The lowest BCUT2D eigenvalue weighted by molar-refractivity contribution is -0.140. The number of halogens is 1. The number of Topliss-reactive ketones (excluding diaryl/α,β-unsaturated/α-hetero) is 1. The number of hydrogen-bond donors (Lipinski definition) is 3.